The van der Waals surface area contributed by atoms with Gasteiger partial charge in [-0.3, -0.25) is 10.00 Å². The Bertz CT molecular complexity index is 646. The SMILES string of the molecule is COc1cccc(CN2CCC(NCc3c(C)n[nH]c3C)CC2)c1.Cl. The van der Waals surface area contributed by atoms with E-state index < -0.39 is 0 Å². The topological polar surface area (TPSA) is 53.2 Å². The van der Waals surface area contributed by atoms with Crippen molar-refractivity contribution in [1.29, 1.82) is 0 Å². The van der Waals surface area contributed by atoms with Crippen LogP contribution in [0.5, 0.6) is 5.75 Å². The molecule has 1 saturated heterocycles. The Morgan fingerprint density at radius 3 is 2.68 bits per heavy atom. The molecule has 1 aliphatic rings. The number of aryl methyl sites for hydroxylation is 2. The predicted octanol–water partition coefficient (Wildman–Crippen LogP) is 3.21. The van der Waals surface area contributed by atoms with Crippen molar-refractivity contribution in [2.75, 3.05) is 20.2 Å². The summed E-state index contributed by atoms with van der Waals surface area (Å²) < 4.78 is 5.31. The number of benzene rings is 1. The van der Waals surface area contributed by atoms with Crippen molar-refractivity contribution in [2.24, 2.45) is 0 Å². The molecule has 0 amide bonds. The summed E-state index contributed by atoms with van der Waals surface area (Å²) in [6, 6.07) is 8.98. The van der Waals surface area contributed by atoms with Gasteiger partial charge in [0, 0.05) is 30.4 Å². The number of methoxy groups -OCH3 is 1. The van der Waals surface area contributed by atoms with E-state index in [0.29, 0.717) is 6.04 Å². The summed E-state index contributed by atoms with van der Waals surface area (Å²) >= 11 is 0. The normalized spacial score (nSPS) is 15.8. The van der Waals surface area contributed by atoms with Crippen molar-refractivity contribution >= 4 is 12.4 Å². The standard InChI is InChI=1S/C19H28N4O.ClH/c1-14-19(15(2)22-21-14)12-20-17-7-9-23(10-8-17)13-16-5-4-6-18(11-16)24-3;/h4-6,11,17,20H,7-10,12-13H2,1-3H3,(H,21,22);1H. The molecular weight excluding hydrogens is 336 g/mol. The summed E-state index contributed by atoms with van der Waals surface area (Å²) in [5.41, 5.74) is 4.92. The highest BCUT2D eigenvalue weighted by atomic mass is 35.5. The average Bonchev–Trinajstić information content (AvgIpc) is 2.93. The maximum atomic E-state index is 5.31. The first-order valence-corrected chi connectivity index (χ1v) is 8.75. The van der Waals surface area contributed by atoms with Crippen molar-refractivity contribution in [3.8, 4) is 5.75 Å². The lowest BCUT2D eigenvalue weighted by Crippen LogP contribution is -2.41. The zero-order valence-corrected chi connectivity index (χ0v) is 16.2. The van der Waals surface area contributed by atoms with Crippen LogP contribution in [-0.2, 0) is 13.1 Å². The van der Waals surface area contributed by atoms with Gasteiger partial charge in [-0.05, 0) is 57.5 Å². The third-order valence-corrected chi connectivity index (χ3v) is 4.98. The van der Waals surface area contributed by atoms with Gasteiger partial charge >= 0.3 is 0 Å². The van der Waals surface area contributed by atoms with E-state index in [0.717, 1.165) is 37.6 Å². The van der Waals surface area contributed by atoms with E-state index in [4.69, 9.17) is 4.74 Å². The van der Waals surface area contributed by atoms with Crippen molar-refractivity contribution in [1.82, 2.24) is 20.4 Å². The highest BCUT2D eigenvalue weighted by Crippen LogP contribution is 2.18. The molecule has 3 rings (SSSR count). The van der Waals surface area contributed by atoms with Crippen LogP contribution in [0, 0.1) is 13.8 Å². The van der Waals surface area contributed by atoms with E-state index in [2.05, 4.69) is 52.5 Å². The lowest BCUT2D eigenvalue weighted by atomic mass is 10.0. The maximum absolute atomic E-state index is 5.31. The molecule has 0 unspecified atom stereocenters. The van der Waals surface area contributed by atoms with Gasteiger partial charge < -0.3 is 10.1 Å². The lowest BCUT2D eigenvalue weighted by Gasteiger charge is -2.32. The molecule has 0 bridgehead atoms. The molecule has 1 aliphatic heterocycles. The fourth-order valence-corrected chi connectivity index (χ4v) is 3.41. The van der Waals surface area contributed by atoms with Crippen LogP contribution in [-0.4, -0.2) is 41.3 Å². The molecule has 0 radical (unpaired) electrons. The lowest BCUT2D eigenvalue weighted by molar-refractivity contribution is 0.190. The summed E-state index contributed by atoms with van der Waals surface area (Å²) in [7, 11) is 1.72. The van der Waals surface area contributed by atoms with E-state index >= 15 is 0 Å². The number of nitrogens with zero attached hydrogens (tertiary/aromatic N) is 2. The summed E-state index contributed by atoms with van der Waals surface area (Å²) in [5.74, 6) is 0.940. The van der Waals surface area contributed by atoms with Crippen LogP contribution in [0.3, 0.4) is 0 Å². The minimum atomic E-state index is 0. The van der Waals surface area contributed by atoms with Gasteiger partial charge in [0.1, 0.15) is 5.75 Å². The Labute approximate surface area is 156 Å². The van der Waals surface area contributed by atoms with E-state index in [9.17, 15) is 0 Å². The van der Waals surface area contributed by atoms with E-state index in [1.54, 1.807) is 7.11 Å². The third-order valence-electron chi connectivity index (χ3n) is 4.98. The van der Waals surface area contributed by atoms with E-state index in [-0.39, 0.29) is 12.4 Å². The second kappa shape index (κ2) is 9.22. The molecule has 1 aromatic carbocycles. The zero-order chi connectivity index (χ0) is 16.9. The largest absolute Gasteiger partial charge is 0.497 e. The minimum absolute atomic E-state index is 0. The van der Waals surface area contributed by atoms with Crippen molar-refractivity contribution < 1.29 is 4.74 Å². The minimum Gasteiger partial charge on any atom is -0.497 e. The smallest absolute Gasteiger partial charge is 0.119 e. The first kappa shape index (κ1) is 19.8. The summed E-state index contributed by atoms with van der Waals surface area (Å²) in [6.45, 7) is 8.35. The first-order valence-electron chi connectivity index (χ1n) is 8.75. The van der Waals surface area contributed by atoms with Gasteiger partial charge in [-0.15, -0.1) is 12.4 Å². The molecule has 2 heterocycles. The fourth-order valence-electron chi connectivity index (χ4n) is 3.41. The number of H-pyrrole nitrogens is 1. The average molecular weight is 365 g/mol. The van der Waals surface area contributed by atoms with Gasteiger partial charge in [0.15, 0.2) is 0 Å². The molecule has 0 spiro atoms. The maximum Gasteiger partial charge on any atom is 0.119 e. The quantitative estimate of drug-likeness (QED) is 0.826. The fraction of sp³-hybridized carbons (Fsp3) is 0.526. The first-order chi connectivity index (χ1) is 11.7. The molecule has 138 valence electrons. The summed E-state index contributed by atoms with van der Waals surface area (Å²) in [6.07, 6.45) is 2.39. The molecule has 5 nitrogen and oxygen atoms in total. The van der Waals surface area contributed by atoms with Crippen LogP contribution in [0.25, 0.3) is 0 Å². The Morgan fingerprint density at radius 2 is 2.04 bits per heavy atom. The van der Waals surface area contributed by atoms with Crippen molar-refractivity contribution in [2.45, 2.75) is 45.8 Å². The van der Waals surface area contributed by atoms with Crippen molar-refractivity contribution in [3.05, 3.63) is 46.8 Å². The van der Waals surface area contributed by atoms with Gasteiger partial charge in [-0.25, -0.2) is 0 Å². The predicted molar refractivity (Wildman–Crippen MR) is 103 cm³/mol. The molecule has 0 aliphatic carbocycles. The van der Waals surface area contributed by atoms with Crippen LogP contribution in [0.1, 0.15) is 35.4 Å². The summed E-state index contributed by atoms with van der Waals surface area (Å²) in [4.78, 5) is 2.53. The number of ether oxygens (including phenoxy) is 1. The zero-order valence-electron chi connectivity index (χ0n) is 15.3. The number of likely N-dealkylation sites (tertiary alicyclic amines) is 1. The molecule has 2 aromatic rings. The number of hydrogen-bond acceptors (Lipinski definition) is 4. The Kier molecular flexibility index (Phi) is 7.29. The number of hydrogen-bond donors (Lipinski definition) is 2. The van der Waals surface area contributed by atoms with E-state index in [1.807, 2.05) is 6.07 Å². The number of aromatic nitrogens is 2. The second-order valence-electron chi connectivity index (χ2n) is 6.70. The van der Waals surface area contributed by atoms with Crippen LogP contribution in [0.4, 0.5) is 0 Å². The number of rotatable bonds is 6. The van der Waals surface area contributed by atoms with Crippen LogP contribution in [0.15, 0.2) is 24.3 Å². The van der Waals surface area contributed by atoms with Gasteiger partial charge in [-0.2, -0.15) is 5.10 Å². The molecule has 1 aromatic heterocycles. The Balaban J connectivity index is 0.00000225. The number of halogens is 1. The monoisotopic (exact) mass is 364 g/mol. The number of piperidine rings is 1. The number of aromatic amines is 1. The van der Waals surface area contributed by atoms with Crippen LogP contribution in [0.2, 0.25) is 0 Å². The van der Waals surface area contributed by atoms with Gasteiger partial charge in [0.2, 0.25) is 0 Å². The molecular formula is C19H29ClN4O. The highest BCUT2D eigenvalue weighted by Gasteiger charge is 2.19. The van der Waals surface area contributed by atoms with Gasteiger partial charge in [0.05, 0.1) is 12.8 Å². The van der Waals surface area contributed by atoms with Gasteiger partial charge in [-0.1, -0.05) is 12.1 Å². The Morgan fingerprint density at radius 1 is 1.28 bits per heavy atom. The second-order valence-corrected chi connectivity index (χ2v) is 6.70. The van der Waals surface area contributed by atoms with Crippen molar-refractivity contribution in [3.63, 3.8) is 0 Å². The van der Waals surface area contributed by atoms with Gasteiger partial charge in [0.25, 0.3) is 0 Å². The summed E-state index contributed by atoms with van der Waals surface area (Å²) in [5, 5.41) is 11.0. The van der Waals surface area contributed by atoms with E-state index in [1.165, 1.54) is 29.7 Å². The molecule has 0 saturated carbocycles. The number of nitrogens with one attached hydrogen (secondary N) is 2. The molecule has 2 N–H and O–H groups in total. The van der Waals surface area contributed by atoms with Crippen LogP contribution >= 0.6 is 12.4 Å². The third kappa shape index (κ3) is 5.21. The molecule has 6 heteroatoms. The highest BCUT2D eigenvalue weighted by molar-refractivity contribution is 5.85. The molecule has 25 heavy (non-hydrogen) atoms. The van der Waals surface area contributed by atoms with Crippen LogP contribution < -0.4 is 10.1 Å². The molecule has 0 atom stereocenters. The molecule has 1 fully saturated rings. The Hall–Kier alpha value is -1.56.